The van der Waals surface area contributed by atoms with Crippen molar-refractivity contribution in [2.75, 3.05) is 5.32 Å². The first-order valence-corrected chi connectivity index (χ1v) is 6.67. The molecular weight excluding hydrogens is 258 g/mol. The fourth-order valence-electron chi connectivity index (χ4n) is 1.91. The summed E-state index contributed by atoms with van der Waals surface area (Å²) in [5.74, 6) is 0.348. The van der Waals surface area contributed by atoms with Crippen LogP contribution in [0.1, 0.15) is 27.0 Å². The Balaban J connectivity index is 2.23. The van der Waals surface area contributed by atoms with Crippen molar-refractivity contribution in [2.45, 2.75) is 19.7 Å². The summed E-state index contributed by atoms with van der Waals surface area (Å²) in [6, 6.07) is 13.4. The van der Waals surface area contributed by atoms with Gasteiger partial charge in [0, 0.05) is 17.1 Å². The SMILES string of the molecule is Cc1ccc(C)c(C(=O)Nc2cccc(CCl)c2)c1. The molecule has 0 saturated heterocycles. The lowest BCUT2D eigenvalue weighted by molar-refractivity contribution is 0.102. The van der Waals surface area contributed by atoms with E-state index in [-0.39, 0.29) is 5.91 Å². The van der Waals surface area contributed by atoms with Crippen LogP contribution in [0.5, 0.6) is 0 Å². The van der Waals surface area contributed by atoms with Crippen molar-refractivity contribution in [3.63, 3.8) is 0 Å². The van der Waals surface area contributed by atoms with Crippen LogP contribution in [0.4, 0.5) is 5.69 Å². The Morgan fingerprint density at radius 2 is 1.95 bits per heavy atom. The summed E-state index contributed by atoms with van der Waals surface area (Å²) in [4.78, 5) is 12.2. The van der Waals surface area contributed by atoms with E-state index in [0.29, 0.717) is 11.4 Å². The zero-order valence-electron chi connectivity index (χ0n) is 11.0. The van der Waals surface area contributed by atoms with Gasteiger partial charge in [0.1, 0.15) is 0 Å². The number of aryl methyl sites for hydroxylation is 2. The fraction of sp³-hybridized carbons (Fsp3) is 0.188. The van der Waals surface area contributed by atoms with Gasteiger partial charge in [-0.15, -0.1) is 11.6 Å². The summed E-state index contributed by atoms with van der Waals surface area (Å²) in [7, 11) is 0. The largest absolute Gasteiger partial charge is 0.322 e. The first kappa shape index (κ1) is 13.6. The van der Waals surface area contributed by atoms with E-state index in [9.17, 15) is 4.79 Å². The number of carbonyl (C=O) groups is 1. The zero-order chi connectivity index (χ0) is 13.8. The number of rotatable bonds is 3. The molecule has 0 fully saturated rings. The second kappa shape index (κ2) is 5.89. The predicted molar refractivity (Wildman–Crippen MR) is 79.9 cm³/mol. The molecule has 0 aliphatic carbocycles. The highest BCUT2D eigenvalue weighted by Gasteiger charge is 2.09. The molecule has 0 aliphatic heterocycles. The van der Waals surface area contributed by atoms with Gasteiger partial charge < -0.3 is 5.32 Å². The van der Waals surface area contributed by atoms with Crippen LogP contribution in [0, 0.1) is 13.8 Å². The lowest BCUT2D eigenvalue weighted by atomic mass is 10.0. The molecule has 0 unspecified atom stereocenters. The van der Waals surface area contributed by atoms with Crippen molar-refractivity contribution in [1.29, 1.82) is 0 Å². The maximum absolute atomic E-state index is 12.2. The van der Waals surface area contributed by atoms with Gasteiger partial charge in [-0.3, -0.25) is 4.79 Å². The molecule has 2 aromatic carbocycles. The van der Waals surface area contributed by atoms with Gasteiger partial charge in [-0.05, 0) is 43.2 Å². The molecule has 0 heterocycles. The molecule has 0 atom stereocenters. The van der Waals surface area contributed by atoms with E-state index in [2.05, 4.69) is 5.32 Å². The molecule has 98 valence electrons. The molecule has 0 aliphatic rings. The minimum Gasteiger partial charge on any atom is -0.322 e. The van der Waals surface area contributed by atoms with Gasteiger partial charge in [0.15, 0.2) is 0 Å². The minimum atomic E-state index is -0.0899. The first-order valence-electron chi connectivity index (χ1n) is 6.13. The van der Waals surface area contributed by atoms with Gasteiger partial charge >= 0.3 is 0 Å². The maximum Gasteiger partial charge on any atom is 0.255 e. The number of anilines is 1. The summed E-state index contributed by atoms with van der Waals surface area (Å²) >= 11 is 5.79. The average molecular weight is 274 g/mol. The molecule has 2 nitrogen and oxygen atoms in total. The monoisotopic (exact) mass is 273 g/mol. The summed E-state index contributed by atoms with van der Waals surface area (Å²) in [6.07, 6.45) is 0. The van der Waals surface area contributed by atoms with Crippen molar-refractivity contribution in [1.82, 2.24) is 0 Å². The topological polar surface area (TPSA) is 29.1 Å². The molecule has 3 heteroatoms. The summed E-state index contributed by atoms with van der Waals surface area (Å²) in [6.45, 7) is 3.91. The maximum atomic E-state index is 12.2. The van der Waals surface area contributed by atoms with Crippen molar-refractivity contribution >= 4 is 23.2 Å². The number of alkyl halides is 1. The average Bonchev–Trinajstić information content (AvgIpc) is 2.41. The normalized spacial score (nSPS) is 10.3. The highest BCUT2D eigenvalue weighted by molar-refractivity contribution is 6.17. The number of benzene rings is 2. The third-order valence-electron chi connectivity index (χ3n) is 2.98. The van der Waals surface area contributed by atoms with Crippen LogP contribution < -0.4 is 5.32 Å². The molecule has 2 aromatic rings. The van der Waals surface area contributed by atoms with E-state index in [4.69, 9.17) is 11.6 Å². The Hall–Kier alpha value is -1.80. The van der Waals surface area contributed by atoms with Gasteiger partial charge in [-0.1, -0.05) is 29.8 Å². The quantitative estimate of drug-likeness (QED) is 0.830. The molecule has 2 rings (SSSR count). The van der Waals surface area contributed by atoms with Crippen LogP contribution in [0.25, 0.3) is 0 Å². The number of nitrogens with one attached hydrogen (secondary N) is 1. The van der Waals surface area contributed by atoms with Gasteiger partial charge in [-0.2, -0.15) is 0 Å². The van der Waals surface area contributed by atoms with Crippen LogP contribution >= 0.6 is 11.6 Å². The fourth-order valence-corrected chi connectivity index (χ4v) is 2.08. The van der Waals surface area contributed by atoms with Gasteiger partial charge in [0.05, 0.1) is 0 Å². The molecule has 0 spiro atoms. The number of halogens is 1. The first-order chi connectivity index (χ1) is 9.10. The molecular formula is C16H16ClNO. The van der Waals surface area contributed by atoms with E-state index in [1.54, 1.807) is 0 Å². The van der Waals surface area contributed by atoms with Crippen LogP contribution in [0.3, 0.4) is 0 Å². The number of hydrogen-bond donors (Lipinski definition) is 1. The van der Waals surface area contributed by atoms with Crippen LogP contribution in [0.2, 0.25) is 0 Å². The van der Waals surface area contributed by atoms with Crippen LogP contribution in [-0.4, -0.2) is 5.91 Å². The van der Waals surface area contributed by atoms with Gasteiger partial charge in [0.25, 0.3) is 5.91 Å². The Bertz CT molecular complexity index is 607. The van der Waals surface area contributed by atoms with E-state index in [1.165, 1.54) is 0 Å². The number of carbonyl (C=O) groups excluding carboxylic acids is 1. The van der Waals surface area contributed by atoms with Crippen LogP contribution in [-0.2, 0) is 5.88 Å². The predicted octanol–water partition coefficient (Wildman–Crippen LogP) is 4.29. The van der Waals surface area contributed by atoms with E-state index < -0.39 is 0 Å². The Morgan fingerprint density at radius 3 is 2.68 bits per heavy atom. The number of hydrogen-bond acceptors (Lipinski definition) is 1. The van der Waals surface area contributed by atoms with Crippen molar-refractivity contribution in [2.24, 2.45) is 0 Å². The van der Waals surface area contributed by atoms with E-state index in [0.717, 1.165) is 22.4 Å². The third-order valence-corrected chi connectivity index (χ3v) is 3.29. The van der Waals surface area contributed by atoms with E-state index in [1.807, 2.05) is 56.3 Å². The Labute approximate surface area is 118 Å². The smallest absolute Gasteiger partial charge is 0.255 e. The second-order valence-electron chi connectivity index (χ2n) is 4.61. The summed E-state index contributed by atoms with van der Waals surface area (Å²) in [5, 5.41) is 2.90. The Kier molecular flexibility index (Phi) is 4.23. The highest BCUT2D eigenvalue weighted by Crippen LogP contribution is 2.16. The molecule has 0 aromatic heterocycles. The van der Waals surface area contributed by atoms with Gasteiger partial charge in [-0.25, -0.2) is 0 Å². The summed E-state index contributed by atoms with van der Waals surface area (Å²) in [5.41, 5.74) is 4.50. The molecule has 0 saturated carbocycles. The molecule has 19 heavy (non-hydrogen) atoms. The standard InChI is InChI=1S/C16H16ClNO/c1-11-6-7-12(2)15(8-11)16(19)18-14-5-3-4-13(9-14)10-17/h3-9H,10H2,1-2H3,(H,18,19). The van der Waals surface area contributed by atoms with Crippen molar-refractivity contribution in [3.05, 3.63) is 64.7 Å². The zero-order valence-corrected chi connectivity index (χ0v) is 11.8. The summed E-state index contributed by atoms with van der Waals surface area (Å²) < 4.78 is 0. The lowest BCUT2D eigenvalue weighted by Gasteiger charge is -2.09. The molecule has 1 N–H and O–H groups in total. The minimum absolute atomic E-state index is 0.0899. The lowest BCUT2D eigenvalue weighted by Crippen LogP contribution is -2.13. The van der Waals surface area contributed by atoms with Crippen molar-refractivity contribution in [3.8, 4) is 0 Å². The second-order valence-corrected chi connectivity index (χ2v) is 4.87. The molecule has 0 bridgehead atoms. The van der Waals surface area contributed by atoms with Crippen LogP contribution in [0.15, 0.2) is 42.5 Å². The Morgan fingerprint density at radius 1 is 1.16 bits per heavy atom. The highest BCUT2D eigenvalue weighted by atomic mass is 35.5. The third kappa shape index (κ3) is 3.36. The molecule has 0 radical (unpaired) electrons. The van der Waals surface area contributed by atoms with Gasteiger partial charge in [0.2, 0.25) is 0 Å². The van der Waals surface area contributed by atoms with E-state index >= 15 is 0 Å². The molecule has 1 amide bonds. The van der Waals surface area contributed by atoms with Crippen molar-refractivity contribution < 1.29 is 4.79 Å². The number of amides is 1.